The summed E-state index contributed by atoms with van der Waals surface area (Å²) in [7, 11) is 1.90. The minimum absolute atomic E-state index is 0.149. The Morgan fingerprint density at radius 2 is 2.12 bits per heavy atom. The minimum atomic E-state index is -0.179. The lowest BCUT2D eigenvalue weighted by Gasteiger charge is -2.23. The zero-order valence-electron chi connectivity index (χ0n) is 10.3. The van der Waals surface area contributed by atoms with Crippen LogP contribution in [0.5, 0.6) is 0 Å². The van der Waals surface area contributed by atoms with Gasteiger partial charge in [-0.25, -0.2) is 4.39 Å². The molecular weight excluding hydrogens is 217 g/mol. The van der Waals surface area contributed by atoms with Gasteiger partial charge in [0, 0.05) is 13.6 Å². The highest BCUT2D eigenvalue weighted by Crippen LogP contribution is 2.29. The maximum absolute atomic E-state index is 13.5. The fourth-order valence-corrected chi connectivity index (χ4v) is 2.60. The molecule has 0 heterocycles. The second kappa shape index (κ2) is 5.50. The van der Waals surface area contributed by atoms with E-state index in [1.807, 2.05) is 18.0 Å². The number of hydrogen-bond donors (Lipinski definition) is 1. The van der Waals surface area contributed by atoms with Crippen molar-refractivity contribution in [2.75, 3.05) is 18.5 Å². The van der Waals surface area contributed by atoms with Gasteiger partial charge in [-0.15, -0.1) is 0 Å². The summed E-state index contributed by atoms with van der Waals surface area (Å²) in [5.74, 6) is 0.214. The van der Waals surface area contributed by atoms with Gasteiger partial charge in [0.2, 0.25) is 0 Å². The van der Waals surface area contributed by atoms with Crippen LogP contribution in [0.4, 0.5) is 10.1 Å². The molecule has 0 radical (unpaired) electrons. The Morgan fingerprint density at radius 1 is 1.35 bits per heavy atom. The molecule has 1 saturated carbocycles. The average Bonchev–Trinajstić information content (AvgIpc) is 2.72. The molecule has 17 heavy (non-hydrogen) atoms. The Kier molecular flexibility index (Phi) is 4.00. The third-order valence-electron chi connectivity index (χ3n) is 3.72. The molecule has 0 saturated heterocycles. The summed E-state index contributed by atoms with van der Waals surface area (Å²) in [6.45, 7) is 0.794. The number of aliphatic hydroxyl groups excluding tert-OH is 1. The van der Waals surface area contributed by atoms with Gasteiger partial charge < -0.3 is 10.0 Å². The molecule has 1 aromatic rings. The van der Waals surface area contributed by atoms with E-state index in [1.54, 1.807) is 12.1 Å². The van der Waals surface area contributed by atoms with E-state index in [1.165, 1.54) is 6.07 Å². The van der Waals surface area contributed by atoms with Crippen molar-refractivity contribution in [1.82, 2.24) is 0 Å². The molecule has 2 atom stereocenters. The summed E-state index contributed by atoms with van der Waals surface area (Å²) in [6.07, 6.45) is 3.94. The second-order valence-electron chi connectivity index (χ2n) is 4.92. The Balaban J connectivity index is 1.89. The average molecular weight is 237 g/mol. The first-order chi connectivity index (χ1) is 8.18. The molecule has 1 aliphatic rings. The number of nitrogens with zero attached hydrogens (tertiary/aromatic N) is 1. The lowest BCUT2D eigenvalue weighted by atomic mass is 10.0. The van der Waals surface area contributed by atoms with Crippen molar-refractivity contribution in [2.24, 2.45) is 5.92 Å². The first-order valence-electron chi connectivity index (χ1n) is 6.32. The number of para-hydroxylation sites is 1. The van der Waals surface area contributed by atoms with Crippen molar-refractivity contribution in [1.29, 1.82) is 0 Å². The van der Waals surface area contributed by atoms with Gasteiger partial charge in [-0.05, 0) is 37.3 Å². The van der Waals surface area contributed by atoms with E-state index in [0.29, 0.717) is 11.6 Å². The van der Waals surface area contributed by atoms with Crippen LogP contribution in [0.15, 0.2) is 24.3 Å². The quantitative estimate of drug-likeness (QED) is 0.870. The van der Waals surface area contributed by atoms with Crippen LogP contribution in [0.1, 0.15) is 25.7 Å². The standard InChI is InChI=1S/C14H20FNO/c1-16(13-7-3-2-6-12(13)15)10-9-11-5-4-8-14(11)17/h2-3,6-7,11,14,17H,4-5,8-10H2,1H3. The number of aliphatic hydroxyl groups is 1. The van der Waals surface area contributed by atoms with Gasteiger partial charge >= 0.3 is 0 Å². The van der Waals surface area contributed by atoms with E-state index in [-0.39, 0.29) is 11.9 Å². The highest BCUT2D eigenvalue weighted by atomic mass is 19.1. The third-order valence-corrected chi connectivity index (χ3v) is 3.72. The van der Waals surface area contributed by atoms with E-state index in [9.17, 15) is 9.50 Å². The van der Waals surface area contributed by atoms with Crippen molar-refractivity contribution in [3.05, 3.63) is 30.1 Å². The topological polar surface area (TPSA) is 23.5 Å². The van der Waals surface area contributed by atoms with Crippen molar-refractivity contribution in [2.45, 2.75) is 31.8 Å². The van der Waals surface area contributed by atoms with Crippen molar-refractivity contribution in [3.8, 4) is 0 Å². The van der Waals surface area contributed by atoms with Crippen LogP contribution in [-0.2, 0) is 0 Å². The number of anilines is 1. The molecule has 0 aromatic heterocycles. The lowest BCUT2D eigenvalue weighted by Crippen LogP contribution is -2.24. The summed E-state index contributed by atoms with van der Waals surface area (Å²) >= 11 is 0. The van der Waals surface area contributed by atoms with E-state index < -0.39 is 0 Å². The summed E-state index contributed by atoms with van der Waals surface area (Å²) in [4.78, 5) is 1.93. The predicted octanol–water partition coefficient (Wildman–Crippen LogP) is 2.81. The maximum atomic E-state index is 13.5. The molecule has 0 spiro atoms. The molecule has 1 aliphatic carbocycles. The number of rotatable bonds is 4. The number of hydrogen-bond acceptors (Lipinski definition) is 2. The lowest BCUT2D eigenvalue weighted by molar-refractivity contribution is 0.129. The summed E-state index contributed by atoms with van der Waals surface area (Å²) in [5, 5.41) is 9.73. The van der Waals surface area contributed by atoms with Gasteiger partial charge in [0.1, 0.15) is 5.82 Å². The van der Waals surface area contributed by atoms with Crippen LogP contribution in [0.25, 0.3) is 0 Å². The Morgan fingerprint density at radius 3 is 2.76 bits per heavy atom. The summed E-state index contributed by atoms with van der Waals surface area (Å²) in [6, 6.07) is 6.82. The minimum Gasteiger partial charge on any atom is -0.393 e. The van der Waals surface area contributed by atoms with Crippen molar-refractivity contribution in [3.63, 3.8) is 0 Å². The van der Waals surface area contributed by atoms with E-state index >= 15 is 0 Å². The molecule has 0 bridgehead atoms. The highest BCUT2D eigenvalue weighted by Gasteiger charge is 2.25. The van der Waals surface area contributed by atoms with Crippen LogP contribution < -0.4 is 4.90 Å². The summed E-state index contributed by atoms with van der Waals surface area (Å²) < 4.78 is 13.5. The Labute approximate surface area is 102 Å². The molecule has 2 rings (SSSR count). The molecule has 2 nitrogen and oxygen atoms in total. The van der Waals surface area contributed by atoms with Crippen LogP contribution in [-0.4, -0.2) is 24.8 Å². The van der Waals surface area contributed by atoms with Gasteiger partial charge in [0.25, 0.3) is 0 Å². The first kappa shape index (κ1) is 12.4. The van der Waals surface area contributed by atoms with Gasteiger partial charge in [-0.1, -0.05) is 18.6 Å². The molecule has 1 fully saturated rings. The highest BCUT2D eigenvalue weighted by molar-refractivity contribution is 5.46. The fourth-order valence-electron chi connectivity index (χ4n) is 2.60. The van der Waals surface area contributed by atoms with Gasteiger partial charge in [-0.2, -0.15) is 0 Å². The van der Waals surface area contributed by atoms with E-state index in [2.05, 4.69) is 0 Å². The van der Waals surface area contributed by atoms with Crippen LogP contribution in [0.2, 0.25) is 0 Å². The monoisotopic (exact) mass is 237 g/mol. The molecular formula is C14H20FNO. The zero-order chi connectivity index (χ0) is 12.3. The molecule has 1 N–H and O–H groups in total. The molecule has 1 aromatic carbocycles. The number of halogens is 1. The smallest absolute Gasteiger partial charge is 0.146 e. The SMILES string of the molecule is CN(CCC1CCCC1O)c1ccccc1F. The summed E-state index contributed by atoms with van der Waals surface area (Å²) in [5.41, 5.74) is 0.639. The van der Waals surface area contributed by atoms with Gasteiger partial charge in [0.05, 0.1) is 11.8 Å². The molecule has 94 valence electrons. The molecule has 0 aliphatic heterocycles. The normalized spacial score (nSPS) is 23.9. The van der Waals surface area contributed by atoms with Gasteiger partial charge in [-0.3, -0.25) is 0 Å². The van der Waals surface area contributed by atoms with Crippen LogP contribution in [0, 0.1) is 11.7 Å². The zero-order valence-corrected chi connectivity index (χ0v) is 10.3. The van der Waals surface area contributed by atoms with Crippen LogP contribution >= 0.6 is 0 Å². The third kappa shape index (κ3) is 2.97. The van der Waals surface area contributed by atoms with E-state index in [4.69, 9.17) is 0 Å². The molecule has 0 amide bonds. The van der Waals surface area contributed by atoms with Crippen molar-refractivity contribution >= 4 is 5.69 Å². The fraction of sp³-hybridized carbons (Fsp3) is 0.571. The Hall–Kier alpha value is -1.09. The number of benzene rings is 1. The van der Waals surface area contributed by atoms with Gasteiger partial charge in [0.15, 0.2) is 0 Å². The van der Waals surface area contributed by atoms with E-state index in [0.717, 1.165) is 32.2 Å². The first-order valence-corrected chi connectivity index (χ1v) is 6.32. The maximum Gasteiger partial charge on any atom is 0.146 e. The molecule has 3 heteroatoms. The Bertz CT molecular complexity index is 369. The predicted molar refractivity (Wildman–Crippen MR) is 67.6 cm³/mol. The molecule has 2 unspecified atom stereocenters. The van der Waals surface area contributed by atoms with Crippen molar-refractivity contribution < 1.29 is 9.50 Å². The second-order valence-corrected chi connectivity index (χ2v) is 4.92. The van der Waals surface area contributed by atoms with Crippen LogP contribution in [0.3, 0.4) is 0 Å². The largest absolute Gasteiger partial charge is 0.393 e.